The lowest BCUT2D eigenvalue weighted by atomic mass is 10.2. The van der Waals surface area contributed by atoms with E-state index in [-0.39, 0.29) is 17.9 Å². The molecule has 1 aromatic carbocycles. The van der Waals surface area contributed by atoms with E-state index in [1.807, 2.05) is 47.0 Å². The lowest BCUT2D eigenvalue weighted by molar-refractivity contribution is -0.121. The monoisotopic (exact) mass is 453 g/mol. The summed E-state index contributed by atoms with van der Waals surface area (Å²) in [6.07, 6.45) is 2.51. The van der Waals surface area contributed by atoms with Crippen molar-refractivity contribution in [3.63, 3.8) is 0 Å². The van der Waals surface area contributed by atoms with E-state index >= 15 is 0 Å². The Kier molecular flexibility index (Phi) is 6.84. The predicted molar refractivity (Wildman–Crippen MR) is 125 cm³/mol. The molecule has 0 aliphatic rings. The number of nitrogens with zero attached hydrogens (tertiary/aromatic N) is 4. The fourth-order valence-corrected chi connectivity index (χ4v) is 4.43. The molecule has 8 nitrogen and oxygen atoms in total. The molecule has 3 aromatic heterocycles. The second-order valence-corrected chi connectivity index (χ2v) is 8.53. The first-order chi connectivity index (χ1) is 15.6. The summed E-state index contributed by atoms with van der Waals surface area (Å²) in [7, 11) is 0. The van der Waals surface area contributed by atoms with Gasteiger partial charge >= 0.3 is 0 Å². The van der Waals surface area contributed by atoms with E-state index in [0.29, 0.717) is 42.4 Å². The molecule has 3 heterocycles. The fourth-order valence-electron chi connectivity index (χ4n) is 3.61. The maximum Gasteiger partial charge on any atom is 0.272 e. The molecule has 0 aliphatic carbocycles. The van der Waals surface area contributed by atoms with Crippen LogP contribution in [0.3, 0.4) is 0 Å². The molecule has 168 valence electrons. The van der Waals surface area contributed by atoms with Gasteiger partial charge in [0.1, 0.15) is 16.3 Å². The van der Waals surface area contributed by atoms with Crippen molar-refractivity contribution in [2.75, 3.05) is 6.61 Å². The van der Waals surface area contributed by atoms with E-state index in [1.165, 1.54) is 11.3 Å². The van der Waals surface area contributed by atoms with Crippen LogP contribution in [0.15, 0.2) is 40.5 Å². The van der Waals surface area contributed by atoms with Crippen molar-refractivity contribution in [1.82, 2.24) is 24.5 Å². The number of nitrogens with one attached hydrogen (secondary N) is 1. The van der Waals surface area contributed by atoms with Gasteiger partial charge in [-0.2, -0.15) is 0 Å². The molecule has 0 saturated heterocycles. The molecule has 4 aromatic rings. The lowest BCUT2D eigenvalue weighted by Gasteiger charge is -2.09. The average molecular weight is 454 g/mol. The molecule has 1 amide bonds. The summed E-state index contributed by atoms with van der Waals surface area (Å²) in [5.74, 6) is 1.99. The summed E-state index contributed by atoms with van der Waals surface area (Å²) >= 11 is 1.42. The van der Waals surface area contributed by atoms with Crippen LogP contribution in [0.1, 0.15) is 44.5 Å². The summed E-state index contributed by atoms with van der Waals surface area (Å²) in [6.45, 7) is 5.82. The Balaban J connectivity index is 1.43. The Morgan fingerprint density at radius 2 is 1.94 bits per heavy atom. The molecular formula is C23H27N5O3S. The van der Waals surface area contributed by atoms with E-state index in [4.69, 9.17) is 4.74 Å². The zero-order valence-electron chi connectivity index (χ0n) is 18.3. The number of carbonyl (C=O) groups is 1. The van der Waals surface area contributed by atoms with Crippen LogP contribution in [0.2, 0.25) is 0 Å². The minimum absolute atomic E-state index is 0.0350. The third-order valence-electron chi connectivity index (χ3n) is 5.19. The van der Waals surface area contributed by atoms with Gasteiger partial charge in [0.05, 0.1) is 12.1 Å². The highest BCUT2D eigenvalue weighted by atomic mass is 32.1. The van der Waals surface area contributed by atoms with Gasteiger partial charge in [-0.1, -0.05) is 26.0 Å². The number of carbonyl (C=O) groups excluding carboxylic acids is 1. The number of ether oxygens (including phenoxy) is 1. The van der Waals surface area contributed by atoms with Crippen LogP contribution >= 0.6 is 11.3 Å². The van der Waals surface area contributed by atoms with E-state index in [9.17, 15) is 9.59 Å². The third-order valence-corrected chi connectivity index (χ3v) is 6.08. The molecule has 32 heavy (non-hydrogen) atoms. The fraction of sp³-hybridized carbons (Fsp3) is 0.391. The molecule has 4 rings (SSSR count). The Morgan fingerprint density at radius 3 is 2.69 bits per heavy atom. The van der Waals surface area contributed by atoms with Crippen LogP contribution in [0.25, 0.3) is 16.0 Å². The third kappa shape index (κ3) is 4.52. The van der Waals surface area contributed by atoms with Crippen molar-refractivity contribution < 1.29 is 9.53 Å². The number of aryl methyl sites for hydroxylation is 2. The number of fused-ring (bicyclic) bond motifs is 3. The normalized spacial score (nSPS) is 11.3. The van der Waals surface area contributed by atoms with Gasteiger partial charge in [-0.25, -0.2) is 0 Å². The molecule has 9 heteroatoms. The highest BCUT2D eigenvalue weighted by molar-refractivity contribution is 7.17. The quantitative estimate of drug-likeness (QED) is 0.397. The molecule has 0 saturated carbocycles. The second-order valence-electron chi connectivity index (χ2n) is 7.61. The van der Waals surface area contributed by atoms with Crippen molar-refractivity contribution in [2.45, 2.75) is 52.6 Å². The van der Waals surface area contributed by atoms with Crippen LogP contribution < -0.4 is 15.6 Å². The van der Waals surface area contributed by atoms with E-state index in [1.54, 1.807) is 4.57 Å². The van der Waals surface area contributed by atoms with Gasteiger partial charge in [0.25, 0.3) is 5.56 Å². The van der Waals surface area contributed by atoms with Gasteiger partial charge in [0.2, 0.25) is 11.7 Å². The first-order valence-electron chi connectivity index (χ1n) is 10.9. The number of thiophene rings is 1. The summed E-state index contributed by atoms with van der Waals surface area (Å²) in [5, 5.41) is 13.4. The van der Waals surface area contributed by atoms with Gasteiger partial charge in [-0.3, -0.25) is 18.6 Å². The SMILES string of the molecule is CCCOc1ccc(CNC(=O)CCc2nnc3n(CCC)c(=O)c4sccc4n23)cc1. The zero-order chi connectivity index (χ0) is 22.5. The van der Waals surface area contributed by atoms with E-state index in [2.05, 4.69) is 22.4 Å². The highest BCUT2D eigenvalue weighted by Crippen LogP contribution is 2.20. The number of amides is 1. The van der Waals surface area contributed by atoms with Gasteiger partial charge in [-0.05, 0) is 42.0 Å². The largest absolute Gasteiger partial charge is 0.494 e. The highest BCUT2D eigenvalue weighted by Gasteiger charge is 2.17. The Labute approximate surface area is 189 Å². The van der Waals surface area contributed by atoms with Crippen LogP contribution in [-0.4, -0.2) is 31.7 Å². The average Bonchev–Trinajstić information content (AvgIpc) is 3.45. The van der Waals surface area contributed by atoms with Crippen molar-refractivity contribution in [2.24, 2.45) is 0 Å². The van der Waals surface area contributed by atoms with Crippen molar-refractivity contribution in [1.29, 1.82) is 0 Å². The topological polar surface area (TPSA) is 90.5 Å². The Morgan fingerprint density at radius 1 is 1.12 bits per heavy atom. The summed E-state index contributed by atoms with van der Waals surface area (Å²) in [5.41, 5.74) is 1.78. The van der Waals surface area contributed by atoms with Gasteiger partial charge < -0.3 is 10.1 Å². The van der Waals surface area contributed by atoms with Crippen molar-refractivity contribution >= 4 is 33.2 Å². The van der Waals surface area contributed by atoms with Crippen molar-refractivity contribution in [3.05, 3.63) is 57.5 Å². The predicted octanol–water partition coefficient (Wildman–Crippen LogP) is 3.55. The van der Waals surface area contributed by atoms with E-state index in [0.717, 1.165) is 29.7 Å². The molecule has 0 bridgehead atoms. The molecule has 0 unspecified atom stereocenters. The van der Waals surface area contributed by atoms with Gasteiger partial charge in [-0.15, -0.1) is 21.5 Å². The molecule has 0 radical (unpaired) electrons. The maximum absolute atomic E-state index is 12.8. The number of aromatic nitrogens is 4. The summed E-state index contributed by atoms with van der Waals surface area (Å²) in [4.78, 5) is 25.2. The summed E-state index contributed by atoms with van der Waals surface area (Å²) < 4.78 is 9.84. The van der Waals surface area contributed by atoms with Crippen LogP contribution in [0.4, 0.5) is 0 Å². The zero-order valence-corrected chi connectivity index (χ0v) is 19.2. The molecule has 0 aliphatic heterocycles. The number of hydrogen-bond acceptors (Lipinski definition) is 6. The first-order valence-corrected chi connectivity index (χ1v) is 11.8. The van der Waals surface area contributed by atoms with Gasteiger partial charge in [0, 0.05) is 25.9 Å². The lowest BCUT2D eigenvalue weighted by Crippen LogP contribution is -2.24. The van der Waals surface area contributed by atoms with Gasteiger partial charge in [0.15, 0.2) is 0 Å². The minimum Gasteiger partial charge on any atom is -0.494 e. The molecule has 0 atom stereocenters. The molecule has 0 fully saturated rings. The van der Waals surface area contributed by atoms with Crippen LogP contribution in [0, 0.1) is 0 Å². The standard InChI is InChI=1S/C23H27N5O3S/c1-3-12-27-22(30)21-18(11-14-32-21)28-19(25-26-23(27)28)9-10-20(29)24-15-16-5-7-17(8-6-16)31-13-4-2/h5-8,11,14H,3-4,9-10,12-13,15H2,1-2H3,(H,24,29). The number of hydrogen-bond donors (Lipinski definition) is 1. The van der Waals surface area contributed by atoms with E-state index < -0.39 is 0 Å². The minimum atomic E-state index is -0.0588. The van der Waals surface area contributed by atoms with Crippen LogP contribution in [0.5, 0.6) is 5.75 Å². The molecular weight excluding hydrogens is 426 g/mol. The Bertz CT molecular complexity index is 1270. The summed E-state index contributed by atoms with van der Waals surface area (Å²) in [6, 6.07) is 9.66. The molecule has 0 spiro atoms. The number of rotatable bonds is 10. The first kappa shape index (κ1) is 22.0. The molecule has 1 N–H and O–H groups in total. The number of benzene rings is 1. The Hall–Kier alpha value is -3.20. The van der Waals surface area contributed by atoms with Crippen LogP contribution in [-0.2, 0) is 24.3 Å². The maximum atomic E-state index is 12.8. The second kappa shape index (κ2) is 9.95. The smallest absolute Gasteiger partial charge is 0.272 e. The van der Waals surface area contributed by atoms with Crippen molar-refractivity contribution in [3.8, 4) is 5.75 Å².